The van der Waals surface area contributed by atoms with Crippen molar-refractivity contribution >= 4 is 0 Å². The van der Waals surface area contributed by atoms with Gasteiger partial charge in [-0.15, -0.1) is 0 Å². The molecule has 0 heterocycles. The Kier molecular flexibility index (Phi) is 13.1. The van der Waals surface area contributed by atoms with E-state index in [4.69, 9.17) is 10.2 Å². The first-order valence-electron chi connectivity index (χ1n) is 2.56. The Hall–Kier alpha value is 1.56. The van der Waals surface area contributed by atoms with E-state index in [1.165, 1.54) is 0 Å². The van der Waals surface area contributed by atoms with Crippen molar-refractivity contribution in [2.24, 2.45) is 0 Å². The van der Waals surface area contributed by atoms with Gasteiger partial charge in [-0.1, -0.05) is 0 Å². The van der Waals surface area contributed by atoms with Crippen LogP contribution in [-0.4, -0.2) is 22.9 Å². The third kappa shape index (κ3) is 10.5. The average Bonchev–Trinajstić information content (AvgIpc) is 1.61. The minimum absolute atomic E-state index is 0. The van der Waals surface area contributed by atoms with Gasteiger partial charge in [-0.25, -0.2) is 0 Å². The topological polar surface area (TPSA) is 40.5 Å². The van der Waals surface area contributed by atoms with E-state index in [2.05, 4.69) is 0 Å². The molecule has 0 fully saturated rings. The van der Waals surface area contributed by atoms with Crippen LogP contribution in [0, 0.1) is 0 Å². The second-order valence-corrected chi connectivity index (χ2v) is 1.71. The Bertz CT molecular complexity index is 43.9. The van der Waals surface area contributed by atoms with Crippen LogP contribution >= 0.6 is 0 Å². The fourth-order valence-corrected chi connectivity index (χ4v) is 0.387. The molecule has 3 heteroatoms. The third-order valence-electron chi connectivity index (χ3n) is 0.780. The van der Waals surface area contributed by atoms with Crippen molar-refractivity contribution in [1.29, 1.82) is 0 Å². The monoisotopic (exact) mass is 144 g/mol. The van der Waals surface area contributed by atoms with Crippen molar-refractivity contribution in [3.63, 3.8) is 0 Å². The smallest absolute Gasteiger partial charge is 1.00 e. The first-order chi connectivity index (χ1) is 3.27. The van der Waals surface area contributed by atoms with Gasteiger partial charge in [0, 0.05) is 6.61 Å². The maximum atomic E-state index is 8.57. The predicted molar refractivity (Wildman–Crippen MR) is 29.1 cm³/mol. The van der Waals surface area contributed by atoms with E-state index in [0.29, 0.717) is 12.8 Å². The van der Waals surface area contributed by atoms with E-state index in [0.717, 1.165) is 0 Å². The summed E-state index contributed by atoms with van der Waals surface area (Å²) in [6.07, 6.45) is 1.15. The van der Waals surface area contributed by atoms with E-state index in [9.17, 15) is 0 Å². The van der Waals surface area contributed by atoms with Crippen LogP contribution in [0.15, 0.2) is 0 Å². The van der Waals surface area contributed by atoms with Gasteiger partial charge < -0.3 is 11.6 Å². The molecule has 0 aromatic carbocycles. The van der Waals surface area contributed by atoms with Gasteiger partial charge in [0.15, 0.2) is 0 Å². The van der Waals surface area contributed by atoms with Crippen LogP contribution in [0.3, 0.4) is 0 Å². The van der Waals surface area contributed by atoms with Gasteiger partial charge in [-0.05, 0) is 19.8 Å². The summed E-state index contributed by atoms with van der Waals surface area (Å²) in [7, 11) is 0. The van der Waals surface area contributed by atoms with E-state index in [-0.39, 0.29) is 65.5 Å². The van der Waals surface area contributed by atoms with Crippen LogP contribution in [0.2, 0.25) is 0 Å². The van der Waals surface area contributed by atoms with Crippen LogP contribution in [-0.2, 0) is 0 Å². The Labute approximate surface area is 94.2 Å². The molecule has 0 radical (unpaired) electrons. The first-order valence-corrected chi connectivity index (χ1v) is 2.56. The summed E-state index contributed by atoms with van der Waals surface area (Å²) in [6, 6.07) is 0. The average molecular weight is 144 g/mol. The van der Waals surface area contributed by atoms with Gasteiger partial charge in [-0.3, -0.25) is 0 Å². The zero-order chi connectivity index (χ0) is 5.70. The quantitative estimate of drug-likeness (QED) is 0.422. The SMILES string of the molecule is CC(O)CCCO.[H-].[K+]. The molecule has 2 nitrogen and oxygen atoms in total. The minimum Gasteiger partial charge on any atom is -1.00 e. The fourth-order valence-electron chi connectivity index (χ4n) is 0.387. The van der Waals surface area contributed by atoms with Gasteiger partial charge in [0.1, 0.15) is 0 Å². The Morgan fingerprint density at radius 2 is 2.12 bits per heavy atom. The molecule has 0 aromatic heterocycles. The van der Waals surface area contributed by atoms with Crippen molar-refractivity contribution in [2.45, 2.75) is 25.9 Å². The number of aliphatic hydroxyl groups is 2. The van der Waals surface area contributed by atoms with E-state index >= 15 is 0 Å². The number of aliphatic hydroxyl groups excluding tert-OH is 2. The summed E-state index contributed by atoms with van der Waals surface area (Å²) >= 11 is 0. The molecular formula is C5H13KO2. The Morgan fingerprint density at radius 3 is 2.25 bits per heavy atom. The van der Waals surface area contributed by atoms with Gasteiger partial charge in [0.05, 0.1) is 6.10 Å². The zero-order valence-corrected chi connectivity index (χ0v) is 8.72. The van der Waals surface area contributed by atoms with E-state index in [1.54, 1.807) is 6.92 Å². The normalized spacial score (nSPS) is 12.4. The molecule has 0 aromatic rings. The van der Waals surface area contributed by atoms with Crippen LogP contribution in [0.4, 0.5) is 0 Å². The van der Waals surface area contributed by atoms with Gasteiger partial charge >= 0.3 is 51.4 Å². The standard InChI is InChI=1S/C5H12O2.K.H/c1-5(7)3-2-4-6;;/h5-7H,2-4H2,1H3;;/q;+1;-1. The maximum Gasteiger partial charge on any atom is 1.00 e. The molecule has 0 aliphatic heterocycles. The molecule has 0 rings (SSSR count). The van der Waals surface area contributed by atoms with Crippen LogP contribution < -0.4 is 51.4 Å². The molecule has 0 spiro atoms. The molecule has 46 valence electrons. The first kappa shape index (κ1) is 12.3. The molecule has 0 amide bonds. The summed E-state index contributed by atoms with van der Waals surface area (Å²) in [5, 5.41) is 16.8. The molecule has 0 saturated heterocycles. The summed E-state index contributed by atoms with van der Waals surface area (Å²) in [5.74, 6) is 0. The largest absolute Gasteiger partial charge is 1.00 e. The van der Waals surface area contributed by atoms with Crippen LogP contribution in [0.1, 0.15) is 21.2 Å². The molecule has 0 saturated carbocycles. The molecular weight excluding hydrogens is 131 g/mol. The van der Waals surface area contributed by atoms with Crippen molar-refractivity contribution in [3.05, 3.63) is 0 Å². The van der Waals surface area contributed by atoms with Gasteiger partial charge in [-0.2, -0.15) is 0 Å². The van der Waals surface area contributed by atoms with Crippen molar-refractivity contribution in [2.75, 3.05) is 6.61 Å². The van der Waals surface area contributed by atoms with Crippen molar-refractivity contribution < 1.29 is 63.0 Å². The molecule has 1 unspecified atom stereocenters. The van der Waals surface area contributed by atoms with Crippen molar-refractivity contribution in [1.82, 2.24) is 0 Å². The Morgan fingerprint density at radius 1 is 1.62 bits per heavy atom. The second-order valence-electron chi connectivity index (χ2n) is 1.71. The van der Waals surface area contributed by atoms with Gasteiger partial charge in [0.25, 0.3) is 0 Å². The Balaban J connectivity index is -0.000000180. The molecule has 0 aliphatic rings. The second kappa shape index (κ2) is 8.56. The molecule has 2 N–H and O–H groups in total. The number of rotatable bonds is 3. The maximum absolute atomic E-state index is 8.57. The summed E-state index contributed by atoms with van der Waals surface area (Å²) in [5.41, 5.74) is 0. The van der Waals surface area contributed by atoms with E-state index in [1.807, 2.05) is 0 Å². The molecule has 0 aliphatic carbocycles. The van der Waals surface area contributed by atoms with Crippen molar-refractivity contribution in [3.8, 4) is 0 Å². The third-order valence-corrected chi connectivity index (χ3v) is 0.780. The summed E-state index contributed by atoms with van der Waals surface area (Å²) < 4.78 is 0. The summed E-state index contributed by atoms with van der Waals surface area (Å²) in [4.78, 5) is 0. The van der Waals surface area contributed by atoms with Crippen LogP contribution in [0.25, 0.3) is 0 Å². The summed E-state index contributed by atoms with van der Waals surface area (Å²) in [6.45, 7) is 1.90. The molecule has 0 bridgehead atoms. The molecule has 8 heavy (non-hydrogen) atoms. The zero-order valence-electron chi connectivity index (χ0n) is 6.59. The molecule has 1 atom stereocenters. The van der Waals surface area contributed by atoms with Crippen LogP contribution in [0.5, 0.6) is 0 Å². The number of hydrogen-bond acceptors (Lipinski definition) is 2. The number of hydrogen-bond donors (Lipinski definition) is 2. The van der Waals surface area contributed by atoms with Gasteiger partial charge in [0.2, 0.25) is 0 Å². The predicted octanol–water partition coefficient (Wildman–Crippen LogP) is -2.74. The minimum atomic E-state index is -0.257. The van der Waals surface area contributed by atoms with E-state index < -0.39 is 0 Å². The fraction of sp³-hybridized carbons (Fsp3) is 1.00.